The molecule has 0 unspecified atom stereocenters. The van der Waals surface area contributed by atoms with Gasteiger partial charge in [0.1, 0.15) is 0 Å². The van der Waals surface area contributed by atoms with E-state index in [0.717, 1.165) is 6.42 Å². The van der Waals surface area contributed by atoms with Gasteiger partial charge in [-0.05, 0) is 18.8 Å². The fraction of sp³-hybridized carbons (Fsp3) is 0.833. The molecule has 16 heavy (non-hydrogen) atoms. The average Bonchev–Trinajstić information content (AvgIpc) is 2.72. The van der Waals surface area contributed by atoms with Crippen LogP contribution in [0.25, 0.3) is 0 Å². The van der Waals surface area contributed by atoms with Crippen LogP contribution < -0.4 is 5.32 Å². The zero-order valence-electron chi connectivity index (χ0n) is 10.2. The fourth-order valence-electron chi connectivity index (χ4n) is 2.25. The van der Waals surface area contributed by atoms with Gasteiger partial charge < -0.3 is 10.2 Å². The van der Waals surface area contributed by atoms with Crippen molar-refractivity contribution >= 4 is 11.8 Å². The van der Waals surface area contributed by atoms with E-state index in [0.29, 0.717) is 19.6 Å². The molecule has 1 saturated heterocycles. The number of amides is 2. The number of nitrogens with zero attached hydrogens (tertiary/aromatic N) is 1. The molecule has 0 radical (unpaired) electrons. The van der Waals surface area contributed by atoms with Crippen molar-refractivity contribution in [2.75, 3.05) is 19.6 Å². The maximum absolute atomic E-state index is 11.9. The van der Waals surface area contributed by atoms with E-state index in [1.54, 1.807) is 0 Å². The maximum Gasteiger partial charge on any atom is 0.226 e. The predicted molar refractivity (Wildman–Crippen MR) is 60.6 cm³/mol. The van der Waals surface area contributed by atoms with E-state index in [9.17, 15) is 9.59 Å². The molecule has 0 aromatic carbocycles. The lowest BCUT2D eigenvalue weighted by molar-refractivity contribution is -0.144. The predicted octanol–water partition coefficient (Wildman–Crippen LogP) is 0.627. The quantitative estimate of drug-likeness (QED) is 0.764. The van der Waals surface area contributed by atoms with Gasteiger partial charge in [-0.2, -0.15) is 0 Å². The molecule has 2 aliphatic rings. The first-order valence-corrected chi connectivity index (χ1v) is 6.02. The largest absolute Gasteiger partial charge is 0.356 e. The number of hydrogen-bond donors (Lipinski definition) is 1. The van der Waals surface area contributed by atoms with Crippen molar-refractivity contribution in [3.63, 3.8) is 0 Å². The highest BCUT2D eigenvalue weighted by molar-refractivity contribution is 5.87. The Hall–Kier alpha value is -1.06. The van der Waals surface area contributed by atoms with Crippen molar-refractivity contribution in [3.05, 3.63) is 0 Å². The van der Waals surface area contributed by atoms with Crippen molar-refractivity contribution in [1.82, 2.24) is 10.2 Å². The second kappa shape index (κ2) is 3.75. The molecule has 0 bridgehead atoms. The van der Waals surface area contributed by atoms with Gasteiger partial charge in [0.05, 0.1) is 5.92 Å². The first kappa shape index (κ1) is 11.4. The number of rotatable bonds is 3. The van der Waals surface area contributed by atoms with Gasteiger partial charge >= 0.3 is 0 Å². The first-order chi connectivity index (χ1) is 7.45. The van der Waals surface area contributed by atoms with E-state index >= 15 is 0 Å². The van der Waals surface area contributed by atoms with E-state index < -0.39 is 0 Å². The Labute approximate surface area is 96.4 Å². The van der Waals surface area contributed by atoms with Crippen LogP contribution in [0.3, 0.4) is 0 Å². The van der Waals surface area contributed by atoms with Crippen LogP contribution in [0.2, 0.25) is 0 Å². The highest BCUT2D eigenvalue weighted by Crippen LogP contribution is 2.52. The number of nitrogens with one attached hydrogen (secondary N) is 1. The van der Waals surface area contributed by atoms with Crippen LogP contribution in [0, 0.1) is 17.3 Å². The molecular weight excluding hydrogens is 204 g/mol. The van der Waals surface area contributed by atoms with Crippen LogP contribution in [0.5, 0.6) is 0 Å². The zero-order valence-corrected chi connectivity index (χ0v) is 10.2. The lowest BCUT2D eigenvalue weighted by atomic mass is 9.97. The van der Waals surface area contributed by atoms with Gasteiger partial charge in [-0.25, -0.2) is 0 Å². The lowest BCUT2D eigenvalue weighted by Gasteiger charge is -2.38. The third kappa shape index (κ3) is 1.93. The van der Waals surface area contributed by atoms with E-state index in [4.69, 9.17) is 0 Å². The molecular formula is C12H20N2O2. The van der Waals surface area contributed by atoms with Gasteiger partial charge in [0.2, 0.25) is 11.8 Å². The van der Waals surface area contributed by atoms with Gasteiger partial charge in [0.15, 0.2) is 0 Å². The van der Waals surface area contributed by atoms with E-state index in [1.807, 2.05) is 11.8 Å². The molecule has 0 aromatic rings. The third-order valence-electron chi connectivity index (χ3n) is 3.73. The van der Waals surface area contributed by atoms with E-state index in [2.05, 4.69) is 19.2 Å². The van der Waals surface area contributed by atoms with Crippen molar-refractivity contribution in [3.8, 4) is 0 Å². The minimum absolute atomic E-state index is 0.0192. The summed E-state index contributed by atoms with van der Waals surface area (Å²) >= 11 is 0. The van der Waals surface area contributed by atoms with E-state index in [-0.39, 0.29) is 29.1 Å². The molecule has 1 N–H and O–H groups in total. The van der Waals surface area contributed by atoms with Crippen molar-refractivity contribution in [1.29, 1.82) is 0 Å². The summed E-state index contributed by atoms with van der Waals surface area (Å²) in [6, 6.07) is 0. The van der Waals surface area contributed by atoms with Crippen LogP contribution >= 0.6 is 0 Å². The van der Waals surface area contributed by atoms with Crippen molar-refractivity contribution in [2.45, 2.75) is 27.2 Å². The molecule has 1 heterocycles. The summed E-state index contributed by atoms with van der Waals surface area (Å²) in [7, 11) is 0. The highest BCUT2D eigenvalue weighted by Gasteiger charge is 2.53. The summed E-state index contributed by atoms with van der Waals surface area (Å²) in [5.41, 5.74) is 0.188. The summed E-state index contributed by atoms with van der Waals surface area (Å²) in [4.78, 5) is 25.2. The first-order valence-electron chi connectivity index (χ1n) is 6.02. The molecule has 2 rings (SSSR count). The second-order valence-electron chi connectivity index (χ2n) is 5.58. The third-order valence-corrected chi connectivity index (χ3v) is 3.73. The van der Waals surface area contributed by atoms with Crippen molar-refractivity contribution in [2.24, 2.45) is 17.3 Å². The molecule has 0 aromatic heterocycles. The summed E-state index contributed by atoms with van der Waals surface area (Å²) in [5, 5.41) is 2.79. The minimum atomic E-state index is 0.0192. The molecule has 1 atom stereocenters. The summed E-state index contributed by atoms with van der Waals surface area (Å²) in [5.74, 6) is 0.542. The Kier molecular flexibility index (Phi) is 2.68. The minimum Gasteiger partial charge on any atom is -0.356 e. The second-order valence-corrected chi connectivity index (χ2v) is 5.58. The van der Waals surface area contributed by atoms with Crippen LogP contribution in [-0.2, 0) is 9.59 Å². The zero-order chi connectivity index (χ0) is 11.9. The van der Waals surface area contributed by atoms with Crippen LogP contribution in [0.15, 0.2) is 0 Å². The topological polar surface area (TPSA) is 49.4 Å². The molecule has 1 aliphatic carbocycles. The Balaban J connectivity index is 1.76. The molecule has 0 spiro atoms. The summed E-state index contributed by atoms with van der Waals surface area (Å²) in [6.07, 6.45) is 0.994. The number of likely N-dealkylation sites (tertiary alicyclic amines) is 1. The van der Waals surface area contributed by atoms with Gasteiger partial charge in [0.25, 0.3) is 0 Å². The normalized spacial score (nSPS) is 27.2. The Bertz CT molecular complexity index is 319. The number of carbonyl (C=O) groups excluding carboxylic acids is 2. The number of carbonyl (C=O) groups is 2. The fourth-order valence-corrected chi connectivity index (χ4v) is 2.25. The molecule has 90 valence electrons. The average molecular weight is 224 g/mol. The number of hydrogen-bond acceptors (Lipinski definition) is 2. The maximum atomic E-state index is 11.9. The van der Waals surface area contributed by atoms with Crippen molar-refractivity contribution < 1.29 is 9.59 Å². The van der Waals surface area contributed by atoms with E-state index in [1.165, 1.54) is 0 Å². The highest BCUT2D eigenvalue weighted by atomic mass is 16.2. The summed E-state index contributed by atoms with van der Waals surface area (Å²) < 4.78 is 0. The SMILES string of the molecule is CCNC(=O)C1CN(C(=O)[C@H]2CC2(C)C)C1. The molecule has 1 aliphatic heterocycles. The standard InChI is InChI=1S/C12H20N2O2/c1-4-13-10(15)8-6-14(7-8)11(16)9-5-12(9,2)3/h8-9H,4-7H2,1-3H3,(H,13,15)/t9-/m1/s1. The Morgan fingerprint density at radius 1 is 1.38 bits per heavy atom. The van der Waals surface area contributed by atoms with Gasteiger partial charge in [0, 0.05) is 25.6 Å². The summed E-state index contributed by atoms with van der Waals surface area (Å²) in [6.45, 7) is 8.03. The van der Waals surface area contributed by atoms with Gasteiger partial charge in [-0.3, -0.25) is 9.59 Å². The van der Waals surface area contributed by atoms with Crippen LogP contribution in [-0.4, -0.2) is 36.3 Å². The monoisotopic (exact) mass is 224 g/mol. The lowest BCUT2D eigenvalue weighted by Crippen LogP contribution is -2.56. The molecule has 1 saturated carbocycles. The van der Waals surface area contributed by atoms with Gasteiger partial charge in [-0.1, -0.05) is 13.8 Å². The molecule has 4 heteroatoms. The molecule has 2 fully saturated rings. The van der Waals surface area contributed by atoms with Gasteiger partial charge in [-0.15, -0.1) is 0 Å². The smallest absolute Gasteiger partial charge is 0.226 e. The molecule has 4 nitrogen and oxygen atoms in total. The Morgan fingerprint density at radius 3 is 2.38 bits per heavy atom. The Morgan fingerprint density at radius 2 is 1.94 bits per heavy atom. The van der Waals surface area contributed by atoms with Crippen LogP contribution in [0.4, 0.5) is 0 Å². The molecule has 2 amide bonds. The van der Waals surface area contributed by atoms with Crippen LogP contribution in [0.1, 0.15) is 27.2 Å².